The normalized spacial score (nSPS) is 14.9. The fraction of sp³-hybridized carbons (Fsp3) is 0.0833. The van der Waals surface area contributed by atoms with E-state index in [4.69, 9.17) is 4.74 Å². The lowest BCUT2D eigenvalue weighted by atomic mass is 10.1. The Morgan fingerprint density at radius 1 is 1.00 bits per heavy atom. The zero-order valence-electron chi connectivity index (χ0n) is 16.2. The van der Waals surface area contributed by atoms with Crippen LogP contribution in [0.3, 0.4) is 0 Å². The molecule has 1 amide bonds. The monoisotopic (exact) mass is 524 g/mol. The highest BCUT2D eigenvalue weighted by Crippen LogP contribution is 2.26. The van der Waals surface area contributed by atoms with E-state index in [1.807, 2.05) is 85.8 Å². The molecule has 0 aliphatic carbocycles. The summed E-state index contributed by atoms with van der Waals surface area (Å²) in [5, 5.41) is 5.85. The number of amides is 1. The molecule has 0 aromatic heterocycles. The van der Waals surface area contributed by atoms with Gasteiger partial charge in [0.05, 0.1) is 17.0 Å². The van der Waals surface area contributed by atoms with Gasteiger partial charge in [-0.25, -0.2) is 0 Å². The molecule has 0 saturated heterocycles. The number of para-hydroxylation sites is 1. The summed E-state index contributed by atoms with van der Waals surface area (Å²) in [6.45, 7) is 2.31. The molecule has 0 fully saturated rings. The average Bonchev–Trinajstić information content (AvgIpc) is 3.03. The Kier molecular flexibility index (Phi) is 6.16. The topological polar surface area (TPSA) is 41.9 Å². The first-order valence-electron chi connectivity index (χ1n) is 9.35. The molecule has 4 rings (SSSR count). The number of carbonyl (C=O) groups is 1. The van der Waals surface area contributed by atoms with Crippen LogP contribution in [0.5, 0.6) is 5.75 Å². The summed E-state index contributed by atoms with van der Waals surface area (Å²) in [5.41, 5.74) is 4.03. The van der Waals surface area contributed by atoms with Gasteiger partial charge in [0.2, 0.25) is 0 Å². The summed E-state index contributed by atoms with van der Waals surface area (Å²) < 4.78 is 7.90. The third-order valence-corrected chi connectivity index (χ3v) is 5.90. The van der Waals surface area contributed by atoms with Gasteiger partial charge in [0, 0.05) is 14.5 Å². The van der Waals surface area contributed by atoms with Gasteiger partial charge in [-0.2, -0.15) is 10.1 Å². The maximum Gasteiger partial charge on any atom is 0.280 e. The van der Waals surface area contributed by atoms with E-state index in [1.165, 1.54) is 5.01 Å². The number of ether oxygens (including phenoxy) is 1. The van der Waals surface area contributed by atoms with E-state index in [0.717, 1.165) is 31.5 Å². The van der Waals surface area contributed by atoms with Gasteiger partial charge in [0.1, 0.15) is 12.4 Å². The van der Waals surface area contributed by atoms with Gasteiger partial charge in [-0.3, -0.25) is 4.79 Å². The lowest BCUT2D eigenvalue weighted by Gasteiger charge is -2.11. The molecule has 30 heavy (non-hydrogen) atoms. The van der Waals surface area contributed by atoms with Gasteiger partial charge < -0.3 is 4.74 Å². The van der Waals surface area contributed by atoms with Crippen molar-refractivity contribution >= 4 is 55.2 Å². The Balaban J connectivity index is 1.46. The minimum Gasteiger partial charge on any atom is -0.489 e. The second kappa shape index (κ2) is 8.98. The van der Waals surface area contributed by atoms with Crippen LogP contribution in [0.2, 0.25) is 0 Å². The maximum atomic E-state index is 12.8. The van der Waals surface area contributed by atoms with E-state index < -0.39 is 0 Å². The van der Waals surface area contributed by atoms with Gasteiger partial charge in [0.25, 0.3) is 5.91 Å². The van der Waals surface area contributed by atoms with Crippen LogP contribution in [-0.2, 0) is 11.4 Å². The van der Waals surface area contributed by atoms with Crippen LogP contribution < -0.4 is 9.75 Å². The molecule has 0 saturated carbocycles. The van der Waals surface area contributed by atoms with Crippen molar-refractivity contribution in [2.45, 2.75) is 13.5 Å². The summed E-state index contributed by atoms with van der Waals surface area (Å²) in [7, 11) is 0. The van der Waals surface area contributed by atoms with Crippen molar-refractivity contribution in [3.05, 3.63) is 98.4 Å². The number of anilines is 1. The number of hydrazone groups is 1. The maximum absolute atomic E-state index is 12.8. The number of rotatable bonds is 5. The zero-order valence-corrected chi connectivity index (χ0v) is 19.4. The van der Waals surface area contributed by atoms with E-state index >= 15 is 0 Å². The quantitative estimate of drug-likeness (QED) is 0.352. The number of hydrogen-bond acceptors (Lipinski definition) is 3. The summed E-state index contributed by atoms with van der Waals surface area (Å²) in [6.07, 6.45) is 1.86. The first kappa shape index (κ1) is 20.6. The molecule has 0 radical (unpaired) electrons. The van der Waals surface area contributed by atoms with Crippen molar-refractivity contribution < 1.29 is 9.53 Å². The molecule has 4 nitrogen and oxygen atoms in total. The molecule has 3 aromatic rings. The Morgan fingerprint density at radius 3 is 2.43 bits per heavy atom. The molecule has 150 valence electrons. The van der Waals surface area contributed by atoms with Gasteiger partial charge in [-0.15, -0.1) is 0 Å². The third-order valence-electron chi connectivity index (χ3n) is 4.66. The SMILES string of the molecule is CC1=NN(c2ccccc2)C(=O)/C1=C/c1ccc(OCc2ccc(Br)cc2Br)cc1. The van der Waals surface area contributed by atoms with Crippen LogP contribution in [0, 0.1) is 0 Å². The molecular weight excluding hydrogens is 508 g/mol. The Labute approximate surface area is 192 Å². The second-order valence-electron chi connectivity index (χ2n) is 6.79. The molecule has 0 unspecified atom stereocenters. The van der Waals surface area contributed by atoms with E-state index in [0.29, 0.717) is 17.9 Å². The van der Waals surface area contributed by atoms with Crippen molar-refractivity contribution in [3.63, 3.8) is 0 Å². The minimum atomic E-state index is -0.126. The van der Waals surface area contributed by atoms with E-state index in [2.05, 4.69) is 37.0 Å². The summed E-state index contributed by atoms with van der Waals surface area (Å²) >= 11 is 7.00. The van der Waals surface area contributed by atoms with E-state index in [1.54, 1.807) is 0 Å². The number of halogens is 2. The number of hydrogen-bond donors (Lipinski definition) is 0. The molecule has 1 heterocycles. The smallest absolute Gasteiger partial charge is 0.280 e. The molecule has 3 aromatic carbocycles. The van der Waals surface area contributed by atoms with Crippen LogP contribution in [0.25, 0.3) is 6.08 Å². The lowest BCUT2D eigenvalue weighted by Crippen LogP contribution is -2.21. The highest BCUT2D eigenvalue weighted by atomic mass is 79.9. The Bertz CT molecular complexity index is 1140. The largest absolute Gasteiger partial charge is 0.489 e. The molecule has 6 heteroatoms. The molecule has 1 aliphatic heterocycles. The van der Waals surface area contributed by atoms with Crippen LogP contribution in [0.1, 0.15) is 18.1 Å². The zero-order chi connectivity index (χ0) is 21.1. The summed E-state index contributed by atoms with van der Waals surface area (Å²) in [6, 6.07) is 23.1. The van der Waals surface area contributed by atoms with Gasteiger partial charge >= 0.3 is 0 Å². The Morgan fingerprint density at radius 2 is 1.73 bits per heavy atom. The van der Waals surface area contributed by atoms with Crippen LogP contribution >= 0.6 is 31.9 Å². The van der Waals surface area contributed by atoms with Crippen LogP contribution in [0.15, 0.2) is 92.4 Å². The first-order chi connectivity index (χ1) is 14.5. The van der Waals surface area contributed by atoms with E-state index in [9.17, 15) is 4.79 Å². The molecule has 0 bridgehead atoms. The van der Waals surface area contributed by atoms with E-state index in [-0.39, 0.29) is 5.91 Å². The fourth-order valence-corrected chi connectivity index (χ4v) is 4.22. The number of nitrogens with zero attached hydrogens (tertiary/aromatic N) is 2. The van der Waals surface area contributed by atoms with Crippen molar-refractivity contribution in [2.24, 2.45) is 5.10 Å². The van der Waals surface area contributed by atoms with Crippen LogP contribution in [-0.4, -0.2) is 11.6 Å². The van der Waals surface area contributed by atoms with Gasteiger partial charge in [0.15, 0.2) is 0 Å². The third kappa shape index (κ3) is 4.55. The van der Waals surface area contributed by atoms with Gasteiger partial charge in [-0.05, 0) is 55.0 Å². The molecule has 0 spiro atoms. The predicted octanol–water partition coefficient (Wildman–Crippen LogP) is 6.60. The number of benzene rings is 3. The summed E-state index contributed by atoms with van der Waals surface area (Å²) in [5.74, 6) is 0.639. The molecule has 0 N–H and O–H groups in total. The van der Waals surface area contributed by atoms with Crippen LogP contribution in [0.4, 0.5) is 5.69 Å². The number of carbonyl (C=O) groups excluding carboxylic acids is 1. The minimum absolute atomic E-state index is 0.126. The summed E-state index contributed by atoms with van der Waals surface area (Å²) in [4.78, 5) is 12.8. The average molecular weight is 526 g/mol. The molecular formula is C24H18Br2N2O2. The molecule has 1 aliphatic rings. The first-order valence-corrected chi connectivity index (χ1v) is 10.9. The van der Waals surface area contributed by atoms with Crippen molar-refractivity contribution in [1.29, 1.82) is 0 Å². The van der Waals surface area contributed by atoms with Crippen molar-refractivity contribution in [1.82, 2.24) is 0 Å². The highest BCUT2D eigenvalue weighted by molar-refractivity contribution is 9.11. The second-order valence-corrected chi connectivity index (χ2v) is 8.56. The van der Waals surface area contributed by atoms with Gasteiger partial charge in [-0.1, -0.05) is 68.3 Å². The lowest BCUT2D eigenvalue weighted by molar-refractivity contribution is -0.114. The highest BCUT2D eigenvalue weighted by Gasteiger charge is 2.28. The Hall–Kier alpha value is -2.70. The predicted molar refractivity (Wildman–Crippen MR) is 128 cm³/mol. The standard InChI is InChI=1S/C24H18Br2N2O2/c1-16-22(24(29)28(27-16)20-5-3-2-4-6-20)13-17-7-11-21(12-8-17)30-15-18-9-10-19(25)14-23(18)26/h2-14H,15H2,1H3/b22-13+. The molecule has 0 atom stereocenters. The van der Waals surface area contributed by atoms with Crippen molar-refractivity contribution in [3.8, 4) is 5.75 Å². The fourth-order valence-electron chi connectivity index (χ4n) is 3.06. The van der Waals surface area contributed by atoms with Crippen molar-refractivity contribution in [2.75, 3.05) is 5.01 Å².